The Morgan fingerprint density at radius 1 is 1.20 bits per heavy atom. The minimum absolute atomic E-state index is 0.105. The molecular weight excluding hydrogens is 328 g/mol. The number of hydrogen-bond acceptors (Lipinski definition) is 6. The maximum Gasteiger partial charge on any atom is 0.407 e. The standard InChI is InChI=1S/C17H24N2O6/c1-11(25-17(20)18-12-7-5-4-6-8-12)13-9-15(23-2)16(24-3)10-14(13)19(21)22/h9-12H,4-8H2,1-3H3,(H,18,20). The van der Waals surface area contributed by atoms with E-state index in [9.17, 15) is 14.9 Å². The Hall–Kier alpha value is -2.51. The molecule has 25 heavy (non-hydrogen) atoms. The van der Waals surface area contributed by atoms with Crippen molar-refractivity contribution >= 4 is 11.8 Å². The first-order chi connectivity index (χ1) is 12.0. The van der Waals surface area contributed by atoms with E-state index < -0.39 is 17.1 Å². The predicted molar refractivity (Wildman–Crippen MR) is 91.1 cm³/mol. The van der Waals surface area contributed by atoms with Crippen LogP contribution in [-0.2, 0) is 4.74 Å². The van der Waals surface area contributed by atoms with E-state index in [1.165, 1.54) is 32.8 Å². The van der Waals surface area contributed by atoms with Crippen molar-refractivity contribution in [2.45, 2.75) is 51.2 Å². The lowest BCUT2D eigenvalue weighted by atomic mass is 9.96. The molecule has 0 bridgehead atoms. The van der Waals surface area contributed by atoms with E-state index >= 15 is 0 Å². The normalized spacial score (nSPS) is 16.0. The fourth-order valence-electron chi connectivity index (χ4n) is 3.04. The second-order valence-corrected chi connectivity index (χ2v) is 6.05. The lowest BCUT2D eigenvalue weighted by Crippen LogP contribution is -2.37. The maximum absolute atomic E-state index is 12.1. The molecule has 1 amide bonds. The number of benzene rings is 1. The molecule has 1 atom stereocenters. The van der Waals surface area contributed by atoms with Gasteiger partial charge in [-0.1, -0.05) is 19.3 Å². The Kier molecular flexibility index (Phi) is 6.44. The number of amides is 1. The summed E-state index contributed by atoms with van der Waals surface area (Å²) in [5.74, 6) is 0.586. The Balaban J connectivity index is 2.14. The van der Waals surface area contributed by atoms with Crippen molar-refractivity contribution in [2.75, 3.05) is 14.2 Å². The van der Waals surface area contributed by atoms with Crippen LogP contribution < -0.4 is 14.8 Å². The fraction of sp³-hybridized carbons (Fsp3) is 0.588. The highest BCUT2D eigenvalue weighted by atomic mass is 16.6. The van der Waals surface area contributed by atoms with Crippen molar-refractivity contribution in [3.05, 3.63) is 27.8 Å². The van der Waals surface area contributed by atoms with Gasteiger partial charge in [-0.15, -0.1) is 0 Å². The van der Waals surface area contributed by atoms with Gasteiger partial charge in [0.2, 0.25) is 0 Å². The summed E-state index contributed by atoms with van der Waals surface area (Å²) in [6.45, 7) is 1.59. The number of rotatable bonds is 6. The molecule has 138 valence electrons. The van der Waals surface area contributed by atoms with Gasteiger partial charge in [-0.05, 0) is 25.8 Å². The van der Waals surface area contributed by atoms with Gasteiger partial charge < -0.3 is 19.5 Å². The molecule has 1 fully saturated rings. The zero-order chi connectivity index (χ0) is 18.4. The van der Waals surface area contributed by atoms with E-state index in [2.05, 4.69) is 5.32 Å². The number of nitrogens with zero attached hydrogens (tertiary/aromatic N) is 1. The minimum atomic E-state index is -0.802. The van der Waals surface area contributed by atoms with E-state index in [1.54, 1.807) is 6.92 Å². The second-order valence-electron chi connectivity index (χ2n) is 6.05. The van der Waals surface area contributed by atoms with Crippen LogP contribution in [0.25, 0.3) is 0 Å². The summed E-state index contributed by atoms with van der Waals surface area (Å²) in [4.78, 5) is 22.9. The largest absolute Gasteiger partial charge is 0.493 e. The van der Waals surface area contributed by atoms with Crippen molar-refractivity contribution in [1.82, 2.24) is 5.32 Å². The Morgan fingerprint density at radius 3 is 2.36 bits per heavy atom. The molecule has 0 radical (unpaired) electrons. The number of ether oxygens (including phenoxy) is 3. The highest BCUT2D eigenvalue weighted by molar-refractivity contribution is 5.68. The summed E-state index contributed by atoms with van der Waals surface area (Å²) < 4.78 is 15.6. The molecule has 0 saturated heterocycles. The van der Waals surface area contributed by atoms with Crippen molar-refractivity contribution in [3.8, 4) is 11.5 Å². The van der Waals surface area contributed by atoms with Crippen LogP contribution in [0.1, 0.15) is 50.7 Å². The van der Waals surface area contributed by atoms with Gasteiger partial charge >= 0.3 is 6.09 Å². The second kappa shape index (κ2) is 8.55. The van der Waals surface area contributed by atoms with E-state index in [4.69, 9.17) is 14.2 Å². The molecule has 8 heteroatoms. The van der Waals surface area contributed by atoms with Crippen LogP contribution in [0.5, 0.6) is 11.5 Å². The van der Waals surface area contributed by atoms with Crippen LogP contribution in [0.4, 0.5) is 10.5 Å². The van der Waals surface area contributed by atoms with Crippen LogP contribution in [0, 0.1) is 10.1 Å². The topological polar surface area (TPSA) is 99.9 Å². The molecular formula is C17H24N2O6. The fourth-order valence-corrected chi connectivity index (χ4v) is 3.04. The molecule has 1 aromatic carbocycles. The predicted octanol–water partition coefficient (Wildman–Crippen LogP) is 3.73. The number of alkyl carbamates (subject to hydrolysis) is 1. The van der Waals surface area contributed by atoms with Crippen LogP contribution >= 0.6 is 0 Å². The molecule has 1 saturated carbocycles. The molecule has 8 nitrogen and oxygen atoms in total. The highest BCUT2D eigenvalue weighted by Gasteiger charge is 2.26. The van der Waals surface area contributed by atoms with Gasteiger partial charge in [-0.2, -0.15) is 0 Å². The highest BCUT2D eigenvalue weighted by Crippen LogP contribution is 2.38. The number of nitro benzene ring substituents is 1. The van der Waals surface area contributed by atoms with Gasteiger partial charge in [0.1, 0.15) is 6.10 Å². The third kappa shape index (κ3) is 4.74. The number of hydrogen-bond donors (Lipinski definition) is 1. The van der Waals surface area contributed by atoms with E-state index in [-0.39, 0.29) is 23.0 Å². The molecule has 0 aromatic heterocycles. The lowest BCUT2D eigenvalue weighted by molar-refractivity contribution is -0.386. The molecule has 0 heterocycles. The molecule has 0 spiro atoms. The lowest BCUT2D eigenvalue weighted by Gasteiger charge is -2.23. The van der Waals surface area contributed by atoms with E-state index in [0.29, 0.717) is 5.75 Å². The Morgan fingerprint density at radius 2 is 1.80 bits per heavy atom. The van der Waals surface area contributed by atoms with Crippen molar-refractivity contribution in [1.29, 1.82) is 0 Å². The first-order valence-corrected chi connectivity index (χ1v) is 8.33. The van der Waals surface area contributed by atoms with Gasteiger partial charge in [-0.3, -0.25) is 10.1 Å². The average molecular weight is 352 g/mol. The van der Waals surface area contributed by atoms with Gasteiger partial charge in [0.15, 0.2) is 11.5 Å². The minimum Gasteiger partial charge on any atom is -0.493 e. The first kappa shape index (κ1) is 18.8. The van der Waals surface area contributed by atoms with Crippen LogP contribution in [0.3, 0.4) is 0 Å². The third-order valence-electron chi connectivity index (χ3n) is 4.38. The number of methoxy groups -OCH3 is 2. The Bertz CT molecular complexity index is 628. The average Bonchev–Trinajstić information content (AvgIpc) is 2.60. The van der Waals surface area contributed by atoms with E-state index in [1.807, 2.05) is 0 Å². The summed E-state index contributed by atoms with van der Waals surface area (Å²) in [5.41, 5.74) is 0.0667. The maximum atomic E-state index is 12.1. The number of nitro groups is 1. The number of carbonyl (C=O) groups is 1. The van der Waals surface area contributed by atoms with Crippen molar-refractivity contribution in [2.24, 2.45) is 0 Å². The summed E-state index contributed by atoms with van der Waals surface area (Å²) in [6, 6.07) is 2.84. The van der Waals surface area contributed by atoms with Gasteiger partial charge in [0.25, 0.3) is 5.69 Å². The Labute approximate surface area is 146 Å². The number of nitrogens with one attached hydrogen (secondary N) is 1. The molecule has 1 N–H and O–H groups in total. The van der Waals surface area contributed by atoms with Gasteiger partial charge in [0, 0.05) is 6.04 Å². The molecule has 2 rings (SSSR count). The molecule has 1 aliphatic carbocycles. The third-order valence-corrected chi connectivity index (χ3v) is 4.38. The molecule has 1 aromatic rings. The van der Waals surface area contributed by atoms with Crippen molar-refractivity contribution in [3.63, 3.8) is 0 Å². The zero-order valence-corrected chi connectivity index (χ0v) is 14.7. The summed E-state index contributed by atoms with van der Waals surface area (Å²) in [6.07, 6.45) is 3.84. The zero-order valence-electron chi connectivity index (χ0n) is 14.7. The molecule has 0 aliphatic heterocycles. The first-order valence-electron chi connectivity index (χ1n) is 8.33. The van der Waals surface area contributed by atoms with E-state index in [0.717, 1.165) is 25.7 Å². The monoisotopic (exact) mass is 352 g/mol. The van der Waals surface area contributed by atoms with Gasteiger partial charge in [-0.25, -0.2) is 4.79 Å². The summed E-state index contributed by atoms with van der Waals surface area (Å²) in [5, 5.41) is 14.2. The van der Waals surface area contributed by atoms with Crippen molar-refractivity contribution < 1.29 is 23.9 Å². The van der Waals surface area contributed by atoms with Crippen LogP contribution in [0.15, 0.2) is 12.1 Å². The molecule has 1 unspecified atom stereocenters. The quantitative estimate of drug-likeness (QED) is 0.618. The van der Waals surface area contributed by atoms with Crippen LogP contribution in [0.2, 0.25) is 0 Å². The summed E-state index contributed by atoms with van der Waals surface area (Å²) >= 11 is 0. The van der Waals surface area contributed by atoms with Crippen LogP contribution in [-0.4, -0.2) is 31.3 Å². The molecule has 1 aliphatic rings. The summed E-state index contributed by atoms with van der Waals surface area (Å²) in [7, 11) is 2.84. The SMILES string of the molecule is COc1cc(C(C)OC(=O)NC2CCCCC2)c([N+](=O)[O-])cc1OC. The smallest absolute Gasteiger partial charge is 0.407 e. The number of carbonyl (C=O) groups excluding carboxylic acids is 1. The van der Waals surface area contributed by atoms with Gasteiger partial charge in [0.05, 0.1) is 30.8 Å².